The first-order valence-corrected chi connectivity index (χ1v) is 10.5. The van der Waals surface area contributed by atoms with Crippen LogP contribution < -0.4 is 11.2 Å². The van der Waals surface area contributed by atoms with Crippen LogP contribution in [0.1, 0.15) is 6.42 Å². The van der Waals surface area contributed by atoms with Crippen LogP contribution in [0, 0.1) is 0 Å². The van der Waals surface area contributed by atoms with Crippen LogP contribution in [0.15, 0.2) is 22.7 Å². The summed E-state index contributed by atoms with van der Waals surface area (Å²) in [6.45, 7) is 0. The van der Waals surface area contributed by atoms with Gasteiger partial charge in [-0.3, -0.25) is 4.79 Å². The Labute approximate surface area is 141 Å². The van der Waals surface area contributed by atoms with E-state index in [9.17, 15) is 13.2 Å². The molecule has 1 fully saturated rings. The predicted molar refractivity (Wildman–Crippen MR) is 89.4 cm³/mol. The lowest BCUT2D eigenvalue weighted by Crippen LogP contribution is -2.36. The number of nitrogen functional groups attached to an aromatic ring is 1. The molecule has 0 aliphatic carbocycles. The van der Waals surface area contributed by atoms with Crippen LogP contribution in [0.5, 0.6) is 0 Å². The Morgan fingerprint density at radius 1 is 1.52 bits per heavy atom. The number of sulfone groups is 1. The number of carbonyl (C=O) groups is 1. The zero-order valence-corrected chi connectivity index (χ0v) is 14.5. The normalized spacial score (nSPS) is 19.7. The fourth-order valence-electron chi connectivity index (χ4n) is 2.26. The van der Waals surface area contributed by atoms with Gasteiger partial charge in [0.2, 0.25) is 11.1 Å². The highest BCUT2D eigenvalue weighted by Gasteiger charge is 2.28. The molecule has 1 aliphatic heterocycles. The molecule has 3 heterocycles. The van der Waals surface area contributed by atoms with Gasteiger partial charge in [-0.15, -0.1) is 21.5 Å². The smallest absolute Gasteiger partial charge is 0.230 e. The Bertz CT molecular complexity index is 800. The molecule has 0 unspecified atom stereocenters. The molecule has 3 N–H and O–H groups in total. The van der Waals surface area contributed by atoms with Crippen molar-refractivity contribution in [1.82, 2.24) is 20.2 Å². The Hall–Kier alpha value is -1.59. The number of thioether (sulfide) groups is 1. The average molecular weight is 373 g/mol. The van der Waals surface area contributed by atoms with Gasteiger partial charge in [0, 0.05) is 6.04 Å². The first-order valence-electron chi connectivity index (χ1n) is 6.81. The summed E-state index contributed by atoms with van der Waals surface area (Å²) in [5.41, 5.74) is 0. The second kappa shape index (κ2) is 6.49. The first-order chi connectivity index (χ1) is 10.9. The van der Waals surface area contributed by atoms with Crippen molar-refractivity contribution in [2.45, 2.75) is 17.6 Å². The summed E-state index contributed by atoms with van der Waals surface area (Å²) >= 11 is 2.66. The van der Waals surface area contributed by atoms with E-state index in [1.165, 1.54) is 16.0 Å². The molecule has 0 spiro atoms. The zero-order chi connectivity index (χ0) is 16.4. The fraction of sp³-hybridized carbons (Fsp3) is 0.417. The molecular formula is C12H15N5O3S3. The van der Waals surface area contributed by atoms with E-state index in [1.54, 1.807) is 0 Å². The molecule has 0 radical (unpaired) electrons. The van der Waals surface area contributed by atoms with Gasteiger partial charge in [0.25, 0.3) is 0 Å². The summed E-state index contributed by atoms with van der Waals surface area (Å²) in [5.74, 6) is 6.51. The zero-order valence-electron chi connectivity index (χ0n) is 12.0. The molecule has 3 rings (SSSR count). The molecule has 11 heteroatoms. The van der Waals surface area contributed by atoms with E-state index in [-0.39, 0.29) is 29.2 Å². The maximum atomic E-state index is 11.9. The molecule has 2 aromatic heterocycles. The van der Waals surface area contributed by atoms with Gasteiger partial charge in [0.1, 0.15) is 0 Å². The monoisotopic (exact) mass is 373 g/mol. The van der Waals surface area contributed by atoms with E-state index in [1.807, 2.05) is 17.5 Å². The Morgan fingerprint density at radius 3 is 3.00 bits per heavy atom. The number of nitrogens with one attached hydrogen (secondary N) is 1. The number of hydrogen-bond donors (Lipinski definition) is 2. The summed E-state index contributed by atoms with van der Waals surface area (Å²) in [5, 5.41) is 13.1. The predicted octanol–water partition coefficient (Wildman–Crippen LogP) is 0.116. The molecule has 124 valence electrons. The van der Waals surface area contributed by atoms with E-state index in [0.29, 0.717) is 17.4 Å². The van der Waals surface area contributed by atoms with Crippen LogP contribution in [0.25, 0.3) is 10.7 Å². The SMILES string of the molecule is Nn1c(SCC(=O)N[C@@H]2CCS(=O)(=O)C2)nnc1-c1cccs1. The standard InChI is InChI=1S/C12H15N5O3S3/c13-17-11(9-2-1-4-21-9)15-16-12(17)22-6-10(18)14-8-3-5-23(19,20)7-8/h1-2,4,8H,3,5-7,13H2,(H,14,18)/t8-/m1/s1. The van der Waals surface area contributed by atoms with Crippen molar-refractivity contribution in [3.8, 4) is 10.7 Å². The lowest BCUT2D eigenvalue weighted by molar-refractivity contribution is -0.119. The Morgan fingerprint density at radius 2 is 2.35 bits per heavy atom. The van der Waals surface area contributed by atoms with Crippen molar-refractivity contribution in [2.75, 3.05) is 23.1 Å². The minimum absolute atomic E-state index is 0.0129. The van der Waals surface area contributed by atoms with Crippen LogP contribution >= 0.6 is 23.1 Å². The van der Waals surface area contributed by atoms with Crippen LogP contribution in [0.4, 0.5) is 0 Å². The third-order valence-corrected chi connectivity index (χ3v) is 6.91. The Kier molecular flexibility index (Phi) is 4.60. The van der Waals surface area contributed by atoms with Gasteiger partial charge in [-0.05, 0) is 17.9 Å². The fourth-order valence-corrected chi connectivity index (χ4v) is 5.30. The molecule has 23 heavy (non-hydrogen) atoms. The maximum absolute atomic E-state index is 11.9. The van der Waals surface area contributed by atoms with E-state index in [0.717, 1.165) is 16.6 Å². The van der Waals surface area contributed by atoms with Crippen molar-refractivity contribution < 1.29 is 13.2 Å². The molecule has 0 bridgehead atoms. The van der Waals surface area contributed by atoms with Crippen LogP contribution in [0.3, 0.4) is 0 Å². The van der Waals surface area contributed by atoms with Crippen LogP contribution in [-0.2, 0) is 14.6 Å². The third kappa shape index (κ3) is 3.85. The van der Waals surface area contributed by atoms with Crippen molar-refractivity contribution in [1.29, 1.82) is 0 Å². The maximum Gasteiger partial charge on any atom is 0.230 e. The topological polar surface area (TPSA) is 120 Å². The number of thiophene rings is 1. The van der Waals surface area contributed by atoms with E-state index in [4.69, 9.17) is 5.84 Å². The number of nitrogens with two attached hydrogens (primary N) is 1. The van der Waals surface area contributed by atoms with Gasteiger partial charge in [-0.1, -0.05) is 17.8 Å². The van der Waals surface area contributed by atoms with Crippen molar-refractivity contribution >= 4 is 38.8 Å². The molecule has 1 saturated heterocycles. The largest absolute Gasteiger partial charge is 0.352 e. The van der Waals surface area contributed by atoms with Crippen molar-refractivity contribution in [3.63, 3.8) is 0 Å². The first kappa shape index (κ1) is 16.3. The second-order valence-corrected chi connectivity index (χ2v) is 9.23. The summed E-state index contributed by atoms with van der Waals surface area (Å²) in [6, 6.07) is 3.48. The molecule has 0 saturated carbocycles. The van der Waals surface area contributed by atoms with Gasteiger partial charge in [-0.2, -0.15) is 0 Å². The van der Waals surface area contributed by atoms with Crippen molar-refractivity contribution in [3.05, 3.63) is 17.5 Å². The van der Waals surface area contributed by atoms with Gasteiger partial charge in [0.05, 0.1) is 22.1 Å². The van der Waals surface area contributed by atoms with E-state index in [2.05, 4.69) is 15.5 Å². The molecule has 1 atom stereocenters. The minimum Gasteiger partial charge on any atom is -0.352 e. The number of amides is 1. The molecule has 8 nitrogen and oxygen atoms in total. The van der Waals surface area contributed by atoms with Crippen LogP contribution in [0.2, 0.25) is 0 Å². The highest BCUT2D eigenvalue weighted by molar-refractivity contribution is 7.99. The molecule has 1 aliphatic rings. The van der Waals surface area contributed by atoms with Gasteiger partial charge < -0.3 is 11.2 Å². The van der Waals surface area contributed by atoms with E-state index >= 15 is 0 Å². The number of nitrogens with zero attached hydrogens (tertiary/aromatic N) is 3. The molecule has 1 amide bonds. The molecule has 2 aromatic rings. The Balaban J connectivity index is 1.56. The summed E-state index contributed by atoms with van der Waals surface area (Å²) in [7, 11) is -3.00. The summed E-state index contributed by atoms with van der Waals surface area (Å²) in [6.07, 6.45) is 0.467. The molecule has 0 aromatic carbocycles. The van der Waals surface area contributed by atoms with Gasteiger partial charge in [-0.25, -0.2) is 13.1 Å². The summed E-state index contributed by atoms with van der Waals surface area (Å²) < 4.78 is 24.1. The quantitative estimate of drug-likeness (QED) is 0.564. The number of rotatable bonds is 5. The highest BCUT2D eigenvalue weighted by Crippen LogP contribution is 2.25. The number of hydrogen-bond acceptors (Lipinski definition) is 8. The second-order valence-electron chi connectivity index (χ2n) is 5.11. The summed E-state index contributed by atoms with van der Waals surface area (Å²) in [4.78, 5) is 12.8. The molecular weight excluding hydrogens is 358 g/mol. The third-order valence-electron chi connectivity index (χ3n) is 3.34. The van der Waals surface area contributed by atoms with Crippen LogP contribution in [-0.4, -0.2) is 52.5 Å². The highest BCUT2D eigenvalue weighted by atomic mass is 32.2. The minimum atomic E-state index is -3.00. The van der Waals surface area contributed by atoms with Gasteiger partial charge >= 0.3 is 0 Å². The van der Waals surface area contributed by atoms with E-state index < -0.39 is 9.84 Å². The van der Waals surface area contributed by atoms with Crippen molar-refractivity contribution in [2.24, 2.45) is 0 Å². The number of carbonyl (C=O) groups excluding carboxylic acids is 1. The van der Waals surface area contributed by atoms with Gasteiger partial charge in [0.15, 0.2) is 15.7 Å². The number of aromatic nitrogens is 3. The average Bonchev–Trinajstić information content (AvgIpc) is 3.18. The lowest BCUT2D eigenvalue weighted by Gasteiger charge is -2.10. The lowest BCUT2D eigenvalue weighted by atomic mass is 10.3.